The van der Waals surface area contributed by atoms with E-state index in [9.17, 15) is 14.7 Å². The Balaban J connectivity index is 2.17. The van der Waals surface area contributed by atoms with Gasteiger partial charge in [-0.25, -0.2) is 0 Å². The molecule has 1 fully saturated rings. The van der Waals surface area contributed by atoms with E-state index >= 15 is 0 Å². The van der Waals surface area contributed by atoms with Crippen molar-refractivity contribution < 1.29 is 28.2 Å². The first-order valence-corrected chi connectivity index (χ1v) is 9.49. The van der Waals surface area contributed by atoms with Crippen molar-refractivity contribution in [2.24, 2.45) is 0 Å². The number of aromatic nitrogens is 2. The Labute approximate surface area is 139 Å². The average Bonchev–Trinajstić information content (AvgIpc) is 2.88. The Morgan fingerprint density at radius 2 is 2.04 bits per heavy atom. The summed E-state index contributed by atoms with van der Waals surface area (Å²) in [5, 5.41) is 10.4. The standard InChI is InChI=1S/C12H22BN2O8P/c1-19-10-9(17)7(6-22-24(13,20-2)21-3)23-11(10)15-5-4-8(16)14-12(15)18/h4-5,7,9-11,17,24H,6,13H2,1-3H3,(H,14,16,18)/t7-,9?,10+,11-/m1/s1. The molecule has 2 rings (SSSR count). The molecule has 24 heavy (non-hydrogen) atoms. The van der Waals surface area contributed by atoms with Crippen LogP contribution in [0.25, 0.3) is 0 Å². The van der Waals surface area contributed by atoms with Crippen LogP contribution in [0.3, 0.4) is 0 Å². The van der Waals surface area contributed by atoms with Gasteiger partial charge < -0.3 is 0 Å². The van der Waals surface area contributed by atoms with Crippen LogP contribution in [-0.4, -0.2) is 68.5 Å². The van der Waals surface area contributed by atoms with Crippen molar-refractivity contribution in [3.05, 3.63) is 33.1 Å². The molecule has 0 spiro atoms. The van der Waals surface area contributed by atoms with Crippen molar-refractivity contribution in [1.29, 1.82) is 0 Å². The quantitative estimate of drug-likeness (QED) is 0.428. The molecule has 0 radical (unpaired) electrons. The molecule has 0 aromatic carbocycles. The molecule has 1 aromatic rings. The number of aliphatic hydroxyl groups excluding tert-OH is 1. The van der Waals surface area contributed by atoms with Gasteiger partial charge in [0, 0.05) is 0 Å². The van der Waals surface area contributed by atoms with Crippen molar-refractivity contribution in [2.75, 3.05) is 27.9 Å². The van der Waals surface area contributed by atoms with E-state index in [4.69, 9.17) is 23.0 Å². The van der Waals surface area contributed by atoms with Crippen LogP contribution in [0.1, 0.15) is 6.23 Å². The van der Waals surface area contributed by atoms with Gasteiger partial charge in [0.2, 0.25) is 0 Å². The number of hydrogen-bond donors (Lipinski definition) is 2. The normalized spacial score (nSPS) is 28.2. The molecule has 1 aliphatic heterocycles. The summed E-state index contributed by atoms with van der Waals surface area (Å²) >= 11 is 0. The zero-order valence-corrected chi connectivity index (χ0v) is 14.9. The number of nitrogens with zero attached hydrogens (tertiary/aromatic N) is 1. The van der Waals surface area contributed by atoms with E-state index in [0.29, 0.717) is 0 Å². The summed E-state index contributed by atoms with van der Waals surface area (Å²) < 4.78 is 28.2. The summed E-state index contributed by atoms with van der Waals surface area (Å²) in [6.45, 7) is 0.0000325. The van der Waals surface area contributed by atoms with Crippen LogP contribution in [0.15, 0.2) is 21.9 Å². The van der Waals surface area contributed by atoms with Crippen LogP contribution in [0, 0.1) is 0 Å². The maximum atomic E-state index is 11.9. The fraction of sp³-hybridized carbons (Fsp3) is 0.667. The van der Waals surface area contributed by atoms with Crippen LogP contribution in [0.4, 0.5) is 0 Å². The molecule has 2 heterocycles. The number of H-pyrrole nitrogens is 1. The molecule has 1 aromatic heterocycles. The predicted molar refractivity (Wildman–Crippen MR) is 88.9 cm³/mol. The van der Waals surface area contributed by atoms with E-state index in [2.05, 4.69) is 4.98 Å². The molecule has 1 saturated heterocycles. The Hall–Kier alpha value is -1.07. The summed E-state index contributed by atoms with van der Waals surface area (Å²) in [5.41, 5.74) is -1.18. The van der Waals surface area contributed by atoms with E-state index < -0.39 is 43.6 Å². The number of aromatic amines is 1. The van der Waals surface area contributed by atoms with E-state index in [0.717, 1.165) is 4.57 Å². The maximum absolute atomic E-state index is 11.9. The van der Waals surface area contributed by atoms with Gasteiger partial charge in [-0.2, -0.15) is 0 Å². The Kier molecular flexibility index (Phi) is 6.32. The number of rotatable bonds is 7. The third kappa shape index (κ3) is 3.94. The SMILES string of the molecule is B[PH](OC)(OC)OC[C@H]1O[C@@H](n2ccc(=O)[nH]c2=O)[C@@H](OC)C1O. The second-order valence-electron chi connectivity index (χ2n) is 5.36. The minimum atomic E-state index is -2.79. The molecular weight excluding hydrogens is 342 g/mol. The summed E-state index contributed by atoms with van der Waals surface area (Å²) in [4.78, 5) is 25.3. The molecular formula is C12H22BN2O8P. The Morgan fingerprint density at radius 3 is 2.58 bits per heavy atom. The average molecular weight is 364 g/mol. The first kappa shape index (κ1) is 19.3. The van der Waals surface area contributed by atoms with Crippen molar-refractivity contribution >= 4 is 15.4 Å². The van der Waals surface area contributed by atoms with Crippen LogP contribution < -0.4 is 11.2 Å². The summed E-state index contributed by atoms with van der Waals surface area (Å²) in [7, 11) is 3.25. The second kappa shape index (κ2) is 7.88. The van der Waals surface area contributed by atoms with Crippen molar-refractivity contribution in [3.8, 4) is 0 Å². The van der Waals surface area contributed by atoms with Gasteiger partial charge in [0.15, 0.2) is 0 Å². The second-order valence-corrected chi connectivity index (χ2v) is 8.18. The topological polar surface area (TPSA) is 121 Å². The van der Waals surface area contributed by atoms with Crippen molar-refractivity contribution in [2.45, 2.75) is 24.5 Å². The van der Waals surface area contributed by atoms with Crippen molar-refractivity contribution in [3.63, 3.8) is 0 Å². The number of nitrogens with one attached hydrogen (secondary N) is 1. The number of ether oxygens (including phenoxy) is 2. The molecule has 4 atom stereocenters. The summed E-state index contributed by atoms with van der Waals surface area (Å²) in [5.74, 6) is 0. The molecule has 10 nitrogen and oxygen atoms in total. The predicted octanol–water partition coefficient (Wildman–Crippen LogP) is -1.84. The molecule has 0 amide bonds. The molecule has 0 aliphatic carbocycles. The molecule has 1 aliphatic rings. The monoisotopic (exact) mass is 364 g/mol. The van der Waals surface area contributed by atoms with Gasteiger partial charge in [0.1, 0.15) is 0 Å². The fourth-order valence-electron chi connectivity index (χ4n) is 2.40. The van der Waals surface area contributed by atoms with Gasteiger partial charge >= 0.3 is 139 Å². The molecule has 136 valence electrons. The van der Waals surface area contributed by atoms with E-state index in [-0.39, 0.29) is 6.61 Å². The zero-order chi connectivity index (χ0) is 17.9. The molecule has 12 heteroatoms. The molecule has 1 unspecified atom stereocenters. The van der Waals surface area contributed by atoms with Gasteiger partial charge in [0.25, 0.3) is 0 Å². The first-order valence-electron chi connectivity index (χ1n) is 7.27. The van der Waals surface area contributed by atoms with Crippen LogP contribution in [0.2, 0.25) is 0 Å². The first-order chi connectivity index (χ1) is 11.3. The minimum absolute atomic E-state index is 0.0000325. The van der Waals surface area contributed by atoms with Gasteiger partial charge in [-0.3, -0.25) is 0 Å². The molecule has 0 bridgehead atoms. The van der Waals surface area contributed by atoms with Crippen LogP contribution in [-0.2, 0) is 23.0 Å². The Bertz CT molecular complexity index is 663. The van der Waals surface area contributed by atoms with Gasteiger partial charge in [-0.15, -0.1) is 0 Å². The fourth-order valence-corrected chi connectivity index (χ4v) is 3.27. The molecule has 2 N–H and O–H groups in total. The summed E-state index contributed by atoms with van der Waals surface area (Å²) in [6, 6.07) is 1.19. The van der Waals surface area contributed by atoms with E-state index in [1.165, 1.54) is 33.6 Å². The number of methoxy groups -OCH3 is 1. The zero-order valence-electron chi connectivity index (χ0n) is 13.9. The van der Waals surface area contributed by atoms with Gasteiger partial charge in [-0.1, -0.05) is 0 Å². The third-order valence-electron chi connectivity index (χ3n) is 3.96. The Morgan fingerprint density at radius 1 is 1.38 bits per heavy atom. The van der Waals surface area contributed by atoms with Crippen LogP contribution >= 0.6 is 7.82 Å². The van der Waals surface area contributed by atoms with Crippen molar-refractivity contribution in [1.82, 2.24) is 9.55 Å². The number of aliphatic hydroxyl groups is 1. The molecule has 0 saturated carbocycles. The van der Waals surface area contributed by atoms with E-state index in [1.807, 2.05) is 0 Å². The van der Waals surface area contributed by atoms with Gasteiger partial charge in [-0.05, 0) is 0 Å². The van der Waals surface area contributed by atoms with E-state index in [1.54, 1.807) is 7.57 Å². The van der Waals surface area contributed by atoms with Crippen LogP contribution in [0.5, 0.6) is 0 Å². The third-order valence-corrected chi connectivity index (χ3v) is 6.14. The summed E-state index contributed by atoms with van der Waals surface area (Å²) in [6.07, 6.45) is -2.21. The number of hydrogen-bond acceptors (Lipinski definition) is 8. The van der Waals surface area contributed by atoms with Gasteiger partial charge in [0.05, 0.1) is 0 Å².